The first-order valence-electron chi connectivity index (χ1n) is 8.06. The third-order valence-corrected chi connectivity index (χ3v) is 6.30. The molecule has 1 fully saturated rings. The highest BCUT2D eigenvalue weighted by molar-refractivity contribution is 7.89. The Morgan fingerprint density at radius 3 is 2.12 bits per heavy atom. The van der Waals surface area contributed by atoms with E-state index in [1.807, 2.05) is 0 Å². The predicted molar refractivity (Wildman–Crippen MR) is 92.8 cm³/mol. The van der Waals surface area contributed by atoms with E-state index < -0.39 is 10.0 Å². The molecule has 0 amide bonds. The van der Waals surface area contributed by atoms with Crippen LogP contribution in [0, 0.1) is 0 Å². The maximum atomic E-state index is 12.8. The molecule has 7 nitrogen and oxygen atoms in total. The second-order valence-corrected chi connectivity index (χ2v) is 8.89. The Hall–Kier alpha value is -1.64. The lowest BCUT2D eigenvalue weighted by Crippen LogP contribution is -2.54. The fourth-order valence-corrected chi connectivity index (χ4v) is 4.32. The van der Waals surface area contributed by atoms with Gasteiger partial charge in [-0.25, -0.2) is 13.4 Å². The summed E-state index contributed by atoms with van der Waals surface area (Å²) >= 11 is 0. The van der Waals surface area contributed by atoms with E-state index in [0.29, 0.717) is 30.5 Å². The molecule has 3 rings (SSSR count). The summed E-state index contributed by atoms with van der Waals surface area (Å²) in [6.45, 7) is 9.32. The Morgan fingerprint density at radius 2 is 1.62 bits per heavy atom. The summed E-state index contributed by atoms with van der Waals surface area (Å²) in [4.78, 5) is 6.76. The standard InChI is InChI=1S/C16H23N5O2S/c1-16(2,3)20-8-10-21(11-9-20)24(22,23)14-6-4-13(5-7-14)15-17-12-18-19-15/h4-7H,8-12H2,1-3H3. The molecule has 0 bridgehead atoms. The van der Waals surface area contributed by atoms with Crippen LogP contribution in [0.25, 0.3) is 0 Å². The number of amidine groups is 1. The van der Waals surface area contributed by atoms with Gasteiger partial charge in [-0.2, -0.15) is 9.42 Å². The summed E-state index contributed by atoms with van der Waals surface area (Å²) in [5.41, 5.74) is 0.849. The Bertz CT molecular complexity index is 755. The lowest BCUT2D eigenvalue weighted by Gasteiger charge is -2.41. The third-order valence-electron chi connectivity index (χ3n) is 4.39. The van der Waals surface area contributed by atoms with Gasteiger partial charge in [0.2, 0.25) is 10.0 Å². The van der Waals surface area contributed by atoms with Crippen molar-refractivity contribution in [3.8, 4) is 0 Å². The molecule has 0 saturated carbocycles. The van der Waals surface area contributed by atoms with Crippen LogP contribution in [-0.4, -0.2) is 61.8 Å². The summed E-state index contributed by atoms with van der Waals surface area (Å²) in [7, 11) is -3.46. The highest BCUT2D eigenvalue weighted by Gasteiger charge is 2.32. The van der Waals surface area contributed by atoms with Crippen molar-refractivity contribution in [3.63, 3.8) is 0 Å². The van der Waals surface area contributed by atoms with Crippen molar-refractivity contribution in [2.75, 3.05) is 32.8 Å². The van der Waals surface area contributed by atoms with Gasteiger partial charge in [-0.1, -0.05) is 0 Å². The molecule has 0 aromatic heterocycles. The van der Waals surface area contributed by atoms with Crippen LogP contribution in [0.15, 0.2) is 44.4 Å². The van der Waals surface area contributed by atoms with Crippen molar-refractivity contribution in [2.45, 2.75) is 31.2 Å². The van der Waals surface area contributed by atoms with Gasteiger partial charge in [-0.15, -0.1) is 5.11 Å². The minimum atomic E-state index is -3.46. The van der Waals surface area contributed by atoms with E-state index >= 15 is 0 Å². The molecule has 130 valence electrons. The molecule has 2 aliphatic rings. The smallest absolute Gasteiger partial charge is 0.243 e. The van der Waals surface area contributed by atoms with Crippen LogP contribution in [0.5, 0.6) is 0 Å². The molecule has 24 heavy (non-hydrogen) atoms. The van der Waals surface area contributed by atoms with Gasteiger partial charge in [0.25, 0.3) is 0 Å². The Morgan fingerprint density at radius 1 is 1.00 bits per heavy atom. The number of azo groups is 1. The predicted octanol–water partition coefficient (Wildman–Crippen LogP) is 1.96. The van der Waals surface area contributed by atoms with E-state index in [2.05, 4.69) is 40.9 Å². The van der Waals surface area contributed by atoms with E-state index in [0.717, 1.165) is 18.7 Å². The third kappa shape index (κ3) is 3.40. The van der Waals surface area contributed by atoms with Crippen LogP contribution in [0.1, 0.15) is 26.3 Å². The van der Waals surface area contributed by atoms with Crippen LogP contribution < -0.4 is 0 Å². The molecule has 2 aliphatic heterocycles. The molecule has 1 saturated heterocycles. The minimum absolute atomic E-state index is 0.0636. The van der Waals surface area contributed by atoms with E-state index in [-0.39, 0.29) is 5.54 Å². The molecule has 0 aliphatic carbocycles. The van der Waals surface area contributed by atoms with Crippen LogP contribution in [-0.2, 0) is 10.0 Å². The van der Waals surface area contributed by atoms with Crippen LogP contribution in [0.3, 0.4) is 0 Å². The van der Waals surface area contributed by atoms with E-state index in [1.165, 1.54) is 0 Å². The first kappa shape index (κ1) is 17.2. The number of hydrogen-bond acceptors (Lipinski definition) is 6. The average molecular weight is 349 g/mol. The number of piperazine rings is 1. The average Bonchev–Trinajstić information content (AvgIpc) is 3.09. The Balaban J connectivity index is 1.73. The molecule has 0 radical (unpaired) electrons. The number of hydrogen-bond donors (Lipinski definition) is 0. The van der Waals surface area contributed by atoms with Gasteiger partial charge < -0.3 is 0 Å². The number of sulfonamides is 1. The van der Waals surface area contributed by atoms with Crippen molar-refractivity contribution in [3.05, 3.63) is 29.8 Å². The summed E-state index contributed by atoms with van der Waals surface area (Å²) in [6.07, 6.45) is 0. The zero-order valence-electron chi connectivity index (χ0n) is 14.3. The molecule has 0 unspecified atom stereocenters. The van der Waals surface area contributed by atoms with Crippen LogP contribution >= 0.6 is 0 Å². The van der Waals surface area contributed by atoms with Crippen molar-refractivity contribution in [2.24, 2.45) is 15.2 Å². The van der Waals surface area contributed by atoms with Gasteiger partial charge in [0.05, 0.1) is 4.90 Å². The SMILES string of the molecule is CC(C)(C)N1CCN(S(=O)(=O)c2ccc(C3=NCN=N3)cc2)CC1. The highest BCUT2D eigenvalue weighted by atomic mass is 32.2. The molecule has 1 aromatic carbocycles. The zero-order chi connectivity index (χ0) is 17.4. The lowest BCUT2D eigenvalue weighted by molar-refractivity contribution is 0.0922. The van der Waals surface area contributed by atoms with Crippen molar-refractivity contribution < 1.29 is 8.42 Å². The van der Waals surface area contributed by atoms with Crippen molar-refractivity contribution in [1.29, 1.82) is 0 Å². The van der Waals surface area contributed by atoms with Gasteiger partial charge in [-0.05, 0) is 45.0 Å². The summed E-state index contributed by atoms with van der Waals surface area (Å²) < 4.78 is 27.2. The van der Waals surface area contributed by atoms with E-state index in [1.54, 1.807) is 28.6 Å². The molecular weight excluding hydrogens is 326 g/mol. The van der Waals surface area contributed by atoms with Gasteiger partial charge in [0.15, 0.2) is 12.5 Å². The first-order chi connectivity index (χ1) is 11.3. The Labute approximate surface area is 143 Å². The van der Waals surface area contributed by atoms with Crippen LogP contribution in [0.2, 0.25) is 0 Å². The number of aliphatic imine (C=N–C) groups is 1. The topological polar surface area (TPSA) is 77.7 Å². The minimum Gasteiger partial charge on any atom is -0.296 e. The van der Waals surface area contributed by atoms with E-state index in [9.17, 15) is 8.42 Å². The molecule has 1 aromatic rings. The summed E-state index contributed by atoms with van der Waals surface area (Å²) in [6, 6.07) is 6.72. The first-order valence-corrected chi connectivity index (χ1v) is 9.50. The molecule has 2 heterocycles. The molecule has 0 spiro atoms. The monoisotopic (exact) mass is 349 g/mol. The number of rotatable bonds is 3. The maximum Gasteiger partial charge on any atom is 0.243 e. The van der Waals surface area contributed by atoms with Gasteiger partial charge >= 0.3 is 0 Å². The summed E-state index contributed by atoms with van der Waals surface area (Å²) in [5, 5.41) is 7.73. The van der Waals surface area contributed by atoms with Crippen molar-refractivity contribution in [1.82, 2.24) is 9.21 Å². The van der Waals surface area contributed by atoms with Crippen LogP contribution in [0.4, 0.5) is 0 Å². The second-order valence-electron chi connectivity index (χ2n) is 6.95. The number of benzene rings is 1. The fraction of sp³-hybridized carbons (Fsp3) is 0.562. The van der Waals surface area contributed by atoms with E-state index in [4.69, 9.17) is 0 Å². The fourth-order valence-electron chi connectivity index (χ4n) is 2.90. The van der Waals surface area contributed by atoms with Crippen molar-refractivity contribution >= 4 is 15.9 Å². The quantitative estimate of drug-likeness (QED) is 0.837. The zero-order valence-corrected chi connectivity index (χ0v) is 15.1. The summed E-state index contributed by atoms with van der Waals surface area (Å²) in [5.74, 6) is 0.553. The Kier molecular flexibility index (Phi) is 4.54. The normalized spacial score (nSPS) is 20.4. The molecular formula is C16H23N5O2S. The van der Waals surface area contributed by atoms with Gasteiger partial charge in [-0.3, -0.25) is 4.90 Å². The number of nitrogens with zero attached hydrogens (tertiary/aromatic N) is 5. The second kappa shape index (κ2) is 6.34. The molecule has 0 N–H and O–H groups in total. The highest BCUT2D eigenvalue weighted by Crippen LogP contribution is 2.22. The lowest BCUT2D eigenvalue weighted by atomic mass is 10.1. The van der Waals surface area contributed by atoms with Gasteiger partial charge in [0.1, 0.15) is 0 Å². The molecule has 0 atom stereocenters. The molecule has 8 heteroatoms. The maximum absolute atomic E-state index is 12.8. The largest absolute Gasteiger partial charge is 0.296 e. The van der Waals surface area contributed by atoms with Gasteiger partial charge in [0, 0.05) is 37.3 Å².